The number of fused-ring (bicyclic) bond motifs is 1. The molecule has 0 aliphatic carbocycles. The third-order valence-corrected chi connectivity index (χ3v) is 7.52. The fourth-order valence-electron chi connectivity index (χ4n) is 4.54. The molecule has 1 fully saturated rings. The highest BCUT2D eigenvalue weighted by Gasteiger charge is 2.36. The van der Waals surface area contributed by atoms with Crippen LogP contribution in [0, 0.1) is 0 Å². The van der Waals surface area contributed by atoms with E-state index in [9.17, 15) is 4.79 Å². The summed E-state index contributed by atoms with van der Waals surface area (Å²) in [5, 5.41) is 5.90. The minimum absolute atomic E-state index is 0.0548. The number of thiazole rings is 1. The number of aromatic nitrogens is 1. The number of hydrogen-bond donors (Lipinski definition) is 1. The van der Waals surface area contributed by atoms with Crippen LogP contribution in [-0.2, 0) is 21.4 Å². The molecule has 2 aromatic carbocycles. The van der Waals surface area contributed by atoms with Crippen LogP contribution in [0.15, 0.2) is 41.8 Å². The van der Waals surface area contributed by atoms with Gasteiger partial charge < -0.3 is 29.0 Å². The van der Waals surface area contributed by atoms with E-state index < -0.39 is 0 Å². The maximum absolute atomic E-state index is 12.9. The molecule has 1 N–H and O–H groups in total. The van der Waals surface area contributed by atoms with Gasteiger partial charge in [0, 0.05) is 36.1 Å². The van der Waals surface area contributed by atoms with Crippen LogP contribution in [0.4, 0.5) is 0 Å². The van der Waals surface area contributed by atoms with Crippen LogP contribution in [0.1, 0.15) is 24.1 Å². The smallest absolute Gasteiger partial charge is 0.231 e. The fourth-order valence-corrected chi connectivity index (χ4v) is 5.36. The van der Waals surface area contributed by atoms with Crippen LogP contribution in [0.25, 0.3) is 10.6 Å². The van der Waals surface area contributed by atoms with Gasteiger partial charge in [0.2, 0.25) is 12.7 Å². The number of methoxy groups -OCH3 is 2. The zero-order chi connectivity index (χ0) is 24.3. The first-order chi connectivity index (χ1) is 17.1. The van der Waals surface area contributed by atoms with Gasteiger partial charge in [-0.3, -0.25) is 4.79 Å². The lowest BCUT2D eigenvalue weighted by molar-refractivity contribution is -0.121. The van der Waals surface area contributed by atoms with Crippen molar-refractivity contribution in [3.05, 3.63) is 53.0 Å². The summed E-state index contributed by atoms with van der Waals surface area (Å²) in [5.74, 6) is 2.76. The van der Waals surface area contributed by atoms with Gasteiger partial charge in [-0.1, -0.05) is 6.07 Å². The number of nitrogens with one attached hydrogen (secondary N) is 1. The van der Waals surface area contributed by atoms with Gasteiger partial charge in [0.15, 0.2) is 23.0 Å². The molecular weight excluding hydrogens is 468 g/mol. The molecular formula is C26H28N2O6S. The number of carbonyl (C=O) groups excluding carboxylic acids is 1. The highest BCUT2D eigenvalue weighted by molar-refractivity contribution is 7.13. The lowest BCUT2D eigenvalue weighted by Gasteiger charge is -2.38. The molecule has 3 aromatic rings. The molecule has 0 spiro atoms. The molecule has 0 radical (unpaired) electrons. The fraction of sp³-hybridized carbons (Fsp3) is 0.385. The van der Waals surface area contributed by atoms with Crippen molar-refractivity contribution in [2.24, 2.45) is 0 Å². The molecule has 1 amide bonds. The number of rotatable bonds is 8. The molecule has 0 saturated carbocycles. The Morgan fingerprint density at radius 1 is 1.06 bits per heavy atom. The van der Waals surface area contributed by atoms with Crippen molar-refractivity contribution in [3.63, 3.8) is 0 Å². The molecule has 35 heavy (non-hydrogen) atoms. The largest absolute Gasteiger partial charge is 0.493 e. The molecule has 2 aliphatic rings. The third-order valence-electron chi connectivity index (χ3n) is 6.58. The molecule has 184 valence electrons. The molecule has 2 aliphatic heterocycles. The average molecular weight is 497 g/mol. The van der Waals surface area contributed by atoms with Gasteiger partial charge in [-0.25, -0.2) is 4.98 Å². The van der Waals surface area contributed by atoms with Crippen molar-refractivity contribution < 1.29 is 28.5 Å². The van der Waals surface area contributed by atoms with Crippen LogP contribution in [0.5, 0.6) is 23.0 Å². The van der Waals surface area contributed by atoms with E-state index in [0.717, 1.165) is 46.2 Å². The number of hydrogen-bond acceptors (Lipinski definition) is 8. The van der Waals surface area contributed by atoms with Gasteiger partial charge in [-0.15, -0.1) is 11.3 Å². The maximum Gasteiger partial charge on any atom is 0.231 e. The summed E-state index contributed by atoms with van der Waals surface area (Å²) in [4.78, 5) is 17.6. The molecule has 1 aromatic heterocycles. The third kappa shape index (κ3) is 4.92. The first-order valence-corrected chi connectivity index (χ1v) is 12.4. The summed E-state index contributed by atoms with van der Waals surface area (Å²) in [6.07, 6.45) is 1.87. The van der Waals surface area contributed by atoms with Gasteiger partial charge in [0.1, 0.15) is 5.01 Å². The maximum atomic E-state index is 12.9. The van der Waals surface area contributed by atoms with Crippen molar-refractivity contribution in [3.8, 4) is 33.6 Å². The normalized spacial score (nSPS) is 16.1. The zero-order valence-electron chi connectivity index (χ0n) is 19.8. The highest BCUT2D eigenvalue weighted by Crippen LogP contribution is 2.40. The van der Waals surface area contributed by atoms with Crippen LogP contribution in [0.3, 0.4) is 0 Å². The molecule has 0 atom stereocenters. The Morgan fingerprint density at radius 3 is 2.66 bits per heavy atom. The second-order valence-electron chi connectivity index (χ2n) is 8.63. The van der Waals surface area contributed by atoms with Crippen LogP contribution in [0.2, 0.25) is 0 Å². The Labute approximate surface area is 208 Å². The van der Waals surface area contributed by atoms with E-state index in [1.54, 1.807) is 14.2 Å². The predicted octanol–water partition coefficient (Wildman–Crippen LogP) is 3.96. The molecule has 5 rings (SSSR count). The van der Waals surface area contributed by atoms with Gasteiger partial charge in [0.25, 0.3) is 0 Å². The predicted molar refractivity (Wildman–Crippen MR) is 132 cm³/mol. The molecule has 0 bridgehead atoms. The second-order valence-corrected chi connectivity index (χ2v) is 9.49. The monoisotopic (exact) mass is 496 g/mol. The van der Waals surface area contributed by atoms with Crippen LogP contribution >= 0.6 is 11.3 Å². The minimum atomic E-state index is -0.207. The highest BCUT2D eigenvalue weighted by atomic mass is 32.1. The lowest BCUT2D eigenvalue weighted by Crippen LogP contribution is -2.45. The van der Waals surface area contributed by atoms with E-state index in [4.69, 9.17) is 23.7 Å². The number of amides is 1. The Balaban J connectivity index is 1.26. The van der Waals surface area contributed by atoms with E-state index in [1.807, 2.05) is 35.7 Å². The first kappa shape index (κ1) is 23.4. The van der Waals surface area contributed by atoms with E-state index >= 15 is 0 Å². The Morgan fingerprint density at radius 2 is 1.86 bits per heavy atom. The molecule has 1 saturated heterocycles. The van der Waals surface area contributed by atoms with Gasteiger partial charge in [0.05, 0.1) is 26.3 Å². The van der Waals surface area contributed by atoms with E-state index in [-0.39, 0.29) is 24.5 Å². The summed E-state index contributed by atoms with van der Waals surface area (Å²) in [6.45, 7) is 2.09. The number of carbonyl (C=O) groups is 1. The van der Waals surface area contributed by atoms with Gasteiger partial charge in [-0.05, 0) is 48.7 Å². The van der Waals surface area contributed by atoms with Crippen molar-refractivity contribution in [2.45, 2.75) is 24.7 Å². The number of benzene rings is 2. The summed E-state index contributed by atoms with van der Waals surface area (Å²) in [6, 6.07) is 11.7. The summed E-state index contributed by atoms with van der Waals surface area (Å²) >= 11 is 1.50. The first-order valence-electron chi connectivity index (χ1n) is 11.5. The summed E-state index contributed by atoms with van der Waals surface area (Å²) in [7, 11) is 3.21. The van der Waals surface area contributed by atoms with E-state index in [0.29, 0.717) is 31.3 Å². The van der Waals surface area contributed by atoms with Crippen molar-refractivity contribution in [2.75, 3.05) is 40.8 Å². The van der Waals surface area contributed by atoms with Crippen molar-refractivity contribution in [1.29, 1.82) is 0 Å². The summed E-state index contributed by atoms with van der Waals surface area (Å²) < 4.78 is 27.4. The molecule has 3 heterocycles. The standard InChI is InChI=1S/C26H28N2O6S/c1-30-20-5-3-17(11-22(20)31-2)25-28-19(14-35-25)13-24(29)27-15-26(7-9-32-10-8-26)18-4-6-21-23(12-18)34-16-33-21/h3-6,11-12,14H,7-10,13,15-16H2,1-2H3,(H,27,29). The minimum Gasteiger partial charge on any atom is -0.493 e. The second kappa shape index (κ2) is 10.1. The van der Waals surface area contributed by atoms with E-state index in [1.165, 1.54) is 11.3 Å². The molecule has 8 nitrogen and oxygen atoms in total. The van der Waals surface area contributed by atoms with Crippen molar-refractivity contribution >= 4 is 17.2 Å². The lowest BCUT2D eigenvalue weighted by atomic mass is 9.74. The van der Waals surface area contributed by atoms with Crippen molar-refractivity contribution in [1.82, 2.24) is 10.3 Å². The number of ether oxygens (including phenoxy) is 5. The average Bonchev–Trinajstić information content (AvgIpc) is 3.57. The van der Waals surface area contributed by atoms with Crippen LogP contribution < -0.4 is 24.3 Å². The Kier molecular flexibility index (Phi) is 6.79. The van der Waals surface area contributed by atoms with E-state index in [2.05, 4.69) is 16.4 Å². The SMILES string of the molecule is COc1ccc(-c2nc(CC(=O)NCC3(c4ccc5c(c4)OCO5)CCOCC3)cs2)cc1OC. The topological polar surface area (TPSA) is 88.1 Å². The van der Waals surface area contributed by atoms with Gasteiger partial charge in [-0.2, -0.15) is 0 Å². The van der Waals surface area contributed by atoms with Crippen LogP contribution in [-0.4, -0.2) is 51.7 Å². The molecule has 9 heteroatoms. The Bertz CT molecular complexity index is 1200. The number of nitrogens with zero attached hydrogens (tertiary/aromatic N) is 1. The van der Waals surface area contributed by atoms with Gasteiger partial charge >= 0.3 is 0 Å². The zero-order valence-corrected chi connectivity index (χ0v) is 20.6. The Hall–Kier alpha value is -3.30. The quantitative estimate of drug-likeness (QED) is 0.505. The summed E-state index contributed by atoms with van der Waals surface area (Å²) in [5.41, 5.74) is 2.58. The molecule has 0 unspecified atom stereocenters.